The van der Waals surface area contributed by atoms with Gasteiger partial charge in [0, 0.05) is 30.5 Å². The molecule has 4 rings (SSSR count). The summed E-state index contributed by atoms with van der Waals surface area (Å²) < 4.78 is 5.35. The Morgan fingerprint density at radius 2 is 1.87 bits per heavy atom. The summed E-state index contributed by atoms with van der Waals surface area (Å²) in [6.45, 7) is 3.16. The van der Waals surface area contributed by atoms with E-state index in [2.05, 4.69) is 5.32 Å². The van der Waals surface area contributed by atoms with Crippen molar-refractivity contribution >= 4 is 23.3 Å². The van der Waals surface area contributed by atoms with Gasteiger partial charge in [-0.1, -0.05) is 37.3 Å². The number of Topliss-reactive ketones (excluding diaryl/α,β-unsaturated/α-hetero) is 1. The molecule has 2 aromatic carbocycles. The number of hydrogen-bond acceptors (Lipinski definition) is 4. The van der Waals surface area contributed by atoms with E-state index in [1.54, 1.807) is 18.2 Å². The second-order valence-corrected chi connectivity index (χ2v) is 8.10. The lowest BCUT2D eigenvalue weighted by molar-refractivity contribution is -0.136. The molecule has 2 aromatic rings. The van der Waals surface area contributed by atoms with Gasteiger partial charge in [0.05, 0.1) is 5.69 Å². The van der Waals surface area contributed by atoms with E-state index < -0.39 is 0 Å². The molecular formula is C24H26N2O4. The van der Waals surface area contributed by atoms with Gasteiger partial charge >= 0.3 is 0 Å². The lowest BCUT2D eigenvalue weighted by Crippen LogP contribution is -2.43. The second kappa shape index (κ2) is 8.69. The zero-order valence-electron chi connectivity index (χ0n) is 17.1. The SMILES string of the molecule is CC(Cc1ccccc1)C(=O)N1CCC(C(=O)c2ccc3c(c2)NC(=O)CO3)CC1. The van der Waals surface area contributed by atoms with Crippen LogP contribution in [0.1, 0.15) is 35.7 Å². The van der Waals surface area contributed by atoms with Crippen LogP contribution in [-0.4, -0.2) is 42.2 Å². The molecule has 1 saturated heterocycles. The highest BCUT2D eigenvalue weighted by molar-refractivity contribution is 6.01. The van der Waals surface area contributed by atoms with Gasteiger partial charge in [0.2, 0.25) is 5.91 Å². The number of ether oxygens (including phenoxy) is 1. The fourth-order valence-corrected chi connectivity index (χ4v) is 4.20. The average Bonchev–Trinajstić information content (AvgIpc) is 2.78. The molecular weight excluding hydrogens is 380 g/mol. The Balaban J connectivity index is 1.34. The lowest BCUT2D eigenvalue weighted by atomic mass is 9.88. The summed E-state index contributed by atoms with van der Waals surface area (Å²) in [6, 6.07) is 15.2. The standard InChI is InChI=1S/C24H26N2O4/c1-16(13-17-5-3-2-4-6-17)24(29)26-11-9-18(10-12-26)23(28)19-7-8-21-20(14-19)25-22(27)15-30-21/h2-8,14,16,18H,9-13,15H2,1H3,(H,25,27). The number of carbonyl (C=O) groups excluding carboxylic acids is 3. The van der Waals surface area contributed by atoms with Crippen LogP contribution in [0.15, 0.2) is 48.5 Å². The molecule has 2 amide bonds. The summed E-state index contributed by atoms with van der Waals surface area (Å²) in [6.07, 6.45) is 2.03. The van der Waals surface area contributed by atoms with Gasteiger partial charge in [0.1, 0.15) is 5.75 Å². The molecule has 6 heteroatoms. The van der Waals surface area contributed by atoms with Gasteiger partial charge in [-0.05, 0) is 43.0 Å². The number of piperidine rings is 1. The van der Waals surface area contributed by atoms with Gasteiger partial charge in [-0.15, -0.1) is 0 Å². The van der Waals surface area contributed by atoms with Crippen molar-refractivity contribution in [3.05, 3.63) is 59.7 Å². The Kier molecular flexibility index (Phi) is 5.84. The summed E-state index contributed by atoms with van der Waals surface area (Å²) in [5.74, 6) is 0.378. The maximum absolute atomic E-state index is 13.0. The largest absolute Gasteiger partial charge is 0.482 e. The summed E-state index contributed by atoms with van der Waals surface area (Å²) >= 11 is 0. The molecule has 2 heterocycles. The number of benzene rings is 2. The first-order valence-corrected chi connectivity index (χ1v) is 10.4. The molecule has 2 aliphatic rings. The van der Waals surface area contributed by atoms with Gasteiger partial charge in [-0.3, -0.25) is 14.4 Å². The molecule has 0 saturated carbocycles. The van der Waals surface area contributed by atoms with Gasteiger partial charge in [0.15, 0.2) is 12.4 Å². The molecule has 30 heavy (non-hydrogen) atoms. The molecule has 0 aliphatic carbocycles. The molecule has 156 valence electrons. The zero-order valence-corrected chi connectivity index (χ0v) is 17.1. The van der Waals surface area contributed by atoms with E-state index in [4.69, 9.17) is 4.74 Å². The zero-order chi connectivity index (χ0) is 21.1. The Labute approximate surface area is 176 Å². The minimum absolute atomic E-state index is 0.00449. The second-order valence-electron chi connectivity index (χ2n) is 8.10. The van der Waals surface area contributed by atoms with E-state index in [0.717, 1.165) is 12.0 Å². The Bertz CT molecular complexity index is 949. The highest BCUT2D eigenvalue weighted by atomic mass is 16.5. The number of anilines is 1. The third-order valence-corrected chi connectivity index (χ3v) is 5.88. The molecule has 0 radical (unpaired) electrons. The van der Waals surface area contributed by atoms with Crippen molar-refractivity contribution in [3.8, 4) is 5.75 Å². The summed E-state index contributed by atoms with van der Waals surface area (Å²) in [5.41, 5.74) is 2.27. The minimum atomic E-state index is -0.219. The number of hydrogen-bond donors (Lipinski definition) is 1. The first kappa shape index (κ1) is 20.1. The Morgan fingerprint density at radius 1 is 1.13 bits per heavy atom. The van der Waals surface area contributed by atoms with E-state index in [0.29, 0.717) is 42.9 Å². The van der Waals surface area contributed by atoms with E-state index in [9.17, 15) is 14.4 Å². The van der Waals surface area contributed by atoms with Crippen LogP contribution in [0.3, 0.4) is 0 Å². The van der Waals surface area contributed by atoms with Gasteiger partial charge < -0.3 is 15.0 Å². The highest BCUT2D eigenvalue weighted by Gasteiger charge is 2.30. The molecule has 1 N–H and O–H groups in total. The number of ketones is 1. The molecule has 1 fully saturated rings. The van der Waals surface area contributed by atoms with Crippen LogP contribution in [0.2, 0.25) is 0 Å². The number of fused-ring (bicyclic) bond motifs is 1. The van der Waals surface area contributed by atoms with E-state index in [-0.39, 0.29) is 36.0 Å². The number of amides is 2. The average molecular weight is 406 g/mol. The summed E-state index contributed by atoms with van der Waals surface area (Å²) in [7, 11) is 0. The summed E-state index contributed by atoms with van der Waals surface area (Å²) in [4.78, 5) is 39.2. The number of likely N-dealkylation sites (tertiary alicyclic amines) is 1. The number of nitrogens with zero attached hydrogens (tertiary/aromatic N) is 1. The van der Waals surface area contributed by atoms with Crippen LogP contribution in [0.25, 0.3) is 0 Å². The minimum Gasteiger partial charge on any atom is -0.482 e. The normalized spacial score (nSPS) is 17.5. The van der Waals surface area contributed by atoms with Crippen molar-refractivity contribution in [2.75, 3.05) is 25.0 Å². The third-order valence-electron chi connectivity index (χ3n) is 5.88. The van der Waals surface area contributed by atoms with Gasteiger partial charge in [-0.25, -0.2) is 0 Å². The van der Waals surface area contributed by atoms with Crippen LogP contribution < -0.4 is 10.1 Å². The molecule has 0 bridgehead atoms. The van der Waals surface area contributed by atoms with Crippen molar-refractivity contribution in [2.45, 2.75) is 26.2 Å². The topological polar surface area (TPSA) is 75.7 Å². The van der Waals surface area contributed by atoms with Crippen molar-refractivity contribution in [2.24, 2.45) is 11.8 Å². The predicted octanol–water partition coefficient (Wildman–Crippen LogP) is 3.32. The number of nitrogens with one attached hydrogen (secondary N) is 1. The first-order chi connectivity index (χ1) is 14.5. The lowest BCUT2D eigenvalue weighted by Gasteiger charge is -2.33. The van der Waals surface area contributed by atoms with Crippen LogP contribution in [0.4, 0.5) is 5.69 Å². The van der Waals surface area contributed by atoms with Gasteiger partial charge in [-0.2, -0.15) is 0 Å². The van der Waals surface area contributed by atoms with Crippen LogP contribution in [-0.2, 0) is 16.0 Å². The fraction of sp³-hybridized carbons (Fsp3) is 0.375. The van der Waals surface area contributed by atoms with Gasteiger partial charge in [0.25, 0.3) is 5.91 Å². The monoisotopic (exact) mass is 406 g/mol. The third kappa shape index (κ3) is 4.37. The smallest absolute Gasteiger partial charge is 0.262 e. The quantitative estimate of drug-likeness (QED) is 0.773. The molecule has 2 aliphatic heterocycles. The molecule has 6 nitrogen and oxygen atoms in total. The molecule has 1 unspecified atom stereocenters. The highest BCUT2D eigenvalue weighted by Crippen LogP contribution is 2.31. The van der Waals surface area contributed by atoms with E-state index in [1.165, 1.54) is 0 Å². The molecule has 0 aromatic heterocycles. The predicted molar refractivity (Wildman–Crippen MR) is 114 cm³/mol. The number of carbonyl (C=O) groups is 3. The van der Waals surface area contributed by atoms with Crippen LogP contribution >= 0.6 is 0 Å². The van der Waals surface area contributed by atoms with Crippen molar-refractivity contribution in [1.29, 1.82) is 0 Å². The molecule has 1 atom stereocenters. The van der Waals surface area contributed by atoms with Crippen molar-refractivity contribution < 1.29 is 19.1 Å². The summed E-state index contributed by atoms with van der Waals surface area (Å²) in [5, 5.41) is 2.74. The maximum atomic E-state index is 13.0. The van der Waals surface area contributed by atoms with Crippen LogP contribution in [0, 0.1) is 11.8 Å². The Hall–Kier alpha value is -3.15. The molecule has 0 spiro atoms. The van der Waals surface area contributed by atoms with Crippen molar-refractivity contribution in [1.82, 2.24) is 4.90 Å². The van der Waals surface area contributed by atoms with E-state index in [1.807, 2.05) is 42.2 Å². The maximum Gasteiger partial charge on any atom is 0.262 e. The number of rotatable bonds is 5. The van der Waals surface area contributed by atoms with Crippen LogP contribution in [0.5, 0.6) is 5.75 Å². The fourth-order valence-electron chi connectivity index (χ4n) is 4.20. The first-order valence-electron chi connectivity index (χ1n) is 10.4. The Morgan fingerprint density at radius 3 is 2.60 bits per heavy atom. The van der Waals surface area contributed by atoms with Crippen molar-refractivity contribution in [3.63, 3.8) is 0 Å². The van der Waals surface area contributed by atoms with E-state index >= 15 is 0 Å².